The molecule has 1 saturated heterocycles. The molecule has 1 heterocycles. The van der Waals surface area contributed by atoms with Crippen LogP contribution in [0.2, 0.25) is 5.02 Å². The first-order chi connectivity index (χ1) is 9.61. The fraction of sp³-hybridized carbons (Fsp3) is 0.500. The van der Waals surface area contributed by atoms with Crippen LogP contribution in [0.15, 0.2) is 18.2 Å². The molecule has 1 fully saturated rings. The van der Waals surface area contributed by atoms with Crippen LogP contribution in [-0.4, -0.2) is 50.1 Å². The highest BCUT2D eigenvalue weighted by molar-refractivity contribution is 6.33. The number of hydrogen-bond donors (Lipinski definition) is 2. The summed E-state index contributed by atoms with van der Waals surface area (Å²) in [6.45, 7) is 5.49. The SMILES string of the molecule is COc1ccc(Cl)c(NC(=O)C(C)N2CCNCC2)c1. The molecule has 1 aliphatic heterocycles. The standard InChI is InChI=1S/C14H20ClN3O2/c1-10(18-7-5-16-6-8-18)14(19)17-13-9-11(20-2)3-4-12(13)15/h3-4,9-10,16H,5-8H2,1-2H3,(H,17,19). The second-order valence-electron chi connectivity index (χ2n) is 4.80. The van der Waals surface area contributed by atoms with E-state index in [1.54, 1.807) is 25.3 Å². The van der Waals surface area contributed by atoms with Crippen LogP contribution in [0.5, 0.6) is 5.75 Å². The summed E-state index contributed by atoms with van der Waals surface area (Å²) in [7, 11) is 1.58. The third kappa shape index (κ3) is 3.62. The molecule has 1 aliphatic rings. The van der Waals surface area contributed by atoms with Gasteiger partial charge in [0.2, 0.25) is 5.91 Å². The van der Waals surface area contributed by atoms with Gasteiger partial charge in [-0.3, -0.25) is 9.69 Å². The monoisotopic (exact) mass is 297 g/mol. The third-order valence-electron chi connectivity index (χ3n) is 3.51. The van der Waals surface area contributed by atoms with Gasteiger partial charge in [-0.15, -0.1) is 0 Å². The minimum absolute atomic E-state index is 0.0537. The predicted molar refractivity (Wildman–Crippen MR) is 80.5 cm³/mol. The largest absolute Gasteiger partial charge is 0.497 e. The van der Waals surface area contributed by atoms with Crippen molar-refractivity contribution in [2.24, 2.45) is 0 Å². The number of carbonyl (C=O) groups is 1. The first kappa shape index (κ1) is 15.1. The second-order valence-corrected chi connectivity index (χ2v) is 5.20. The molecule has 0 saturated carbocycles. The van der Waals surface area contributed by atoms with Gasteiger partial charge in [0, 0.05) is 32.2 Å². The maximum absolute atomic E-state index is 12.3. The van der Waals surface area contributed by atoms with Crippen molar-refractivity contribution in [3.8, 4) is 5.75 Å². The molecule has 6 heteroatoms. The van der Waals surface area contributed by atoms with Gasteiger partial charge in [-0.25, -0.2) is 0 Å². The maximum Gasteiger partial charge on any atom is 0.241 e. The topological polar surface area (TPSA) is 53.6 Å². The van der Waals surface area contributed by atoms with Gasteiger partial charge in [0.1, 0.15) is 5.75 Å². The summed E-state index contributed by atoms with van der Waals surface area (Å²) in [5.41, 5.74) is 0.581. The number of nitrogens with one attached hydrogen (secondary N) is 2. The Labute approximate surface area is 124 Å². The molecule has 1 aromatic carbocycles. The van der Waals surface area contributed by atoms with Gasteiger partial charge in [-0.1, -0.05) is 11.6 Å². The van der Waals surface area contributed by atoms with Crippen LogP contribution < -0.4 is 15.4 Å². The number of halogens is 1. The number of hydrogen-bond acceptors (Lipinski definition) is 4. The highest BCUT2D eigenvalue weighted by Gasteiger charge is 2.23. The molecular weight excluding hydrogens is 278 g/mol. The Morgan fingerprint density at radius 3 is 2.80 bits per heavy atom. The molecule has 1 amide bonds. The summed E-state index contributed by atoms with van der Waals surface area (Å²) in [5, 5.41) is 6.65. The van der Waals surface area contributed by atoms with Crippen LogP contribution in [0.1, 0.15) is 6.92 Å². The number of piperazine rings is 1. The zero-order valence-electron chi connectivity index (χ0n) is 11.8. The van der Waals surface area contributed by atoms with E-state index in [2.05, 4.69) is 15.5 Å². The molecule has 0 aromatic heterocycles. The van der Waals surface area contributed by atoms with E-state index in [1.165, 1.54) is 0 Å². The van der Waals surface area contributed by atoms with Gasteiger partial charge >= 0.3 is 0 Å². The molecule has 1 aromatic rings. The number of amides is 1. The Kier molecular flexibility index (Phi) is 5.23. The highest BCUT2D eigenvalue weighted by atomic mass is 35.5. The Morgan fingerprint density at radius 2 is 2.15 bits per heavy atom. The maximum atomic E-state index is 12.3. The molecule has 20 heavy (non-hydrogen) atoms. The van der Waals surface area contributed by atoms with E-state index in [4.69, 9.17) is 16.3 Å². The average molecular weight is 298 g/mol. The smallest absolute Gasteiger partial charge is 0.241 e. The van der Waals surface area contributed by atoms with Crippen molar-refractivity contribution >= 4 is 23.2 Å². The Bertz CT molecular complexity index is 475. The first-order valence-electron chi connectivity index (χ1n) is 6.71. The Balaban J connectivity index is 2.03. The Morgan fingerprint density at radius 1 is 1.45 bits per heavy atom. The highest BCUT2D eigenvalue weighted by Crippen LogP contribution is 2.26. The molecule has 1 unspecified atom stereocenters. The minimum atomic E-state index is -0.181. The van der Waals surface area contributed by atoms with Crippen molar-refractivity contribution < 1.29 is 9.53 Å². The summed E-state index contributed by atoms with van der Waals surface area (Å²) in [6.07, 6.45) is 0. The quantitative estimate of drug-likeness (QED) is 0.886. The summed E-state index contributed by atoms with van der Waals surface area (Å²) >= 11 is 6.09. The number of nitrogens with zero attached hydrogens (tertiary/aromatic N) is 1. The lowest BCUT2D eigenvalue weighted by atomic mass is 10.2. The van der Waals surface area contributed by atoms with Crippen LogP contribution in [-0.2, 0) is 4.79 Å². The van der Waals surface area contributed by atoms with E-state index >= 15 is 0 Å². The van der Waals surface area contributed by atoms with Gasteiger partial charge in [-0.05, 0) is 19.1 Å². The van der Waals surface area contributed by atoms with Gasteiger partial charge in [0.15, 0.2) is 0 Å². The van der Waals surface area contributed by atoms with Crippen LogP contribution in [0, 0.1) is 0 Å². The van der Waals surface area contributed by atoms with Gasteiger partial charge < -0.3 is 15.4 Å². The van der Waals surface area contributed by atoms with Crippen LogP contribution >= 0.6 is 11.6 Å². The van der Waals surface area contributed by atoms with Crippen molar-refractivity contribution in [3.63, 3.8) is 0 Å². The van der Waals surface area contributed by atoms with Crippen LogP contribution in [0.4, 0.5) is 5.69 Å². The molecule has 2 rings (SSSR count). The number of benzene rings is 1. The van der Waals surface area contributed by atoms with E-state index in [0.717, 1.165) is 26.2 Å². The van der Waals surface area contributed by atoms with Crippen molar-refractivity contribution in [1.29, 1.82) is 0 Å². The molecular formula is C14H20ClN3O2. The number of rotatable bonds is 4. The summed E-state index contributed by atoms with van der Waals surface area (Å²) < 4.78 is 5.14. The number of ether oxygens (including phenoxy) is 1. The molecule has 0 radical (unpaired) electrons. The van der Waals surface area contributed by atoms with Crippen LogP contribution in [0.25, 0.3) is 0 Å². The summed E-state index contributed by atoms with van der Waals surface area (Å²) in [4.78, 5) is 14.4. The van der Waals surface area contributed by atoms with E-state index < -0.39 is 0 Å². The molecule has 0 aliphatic carbocycles. The molecule has 1 atom stereocenters. The van der Waals surface area contributed by atoms with Gasteiger partial charge in [0.25, 0.3) is 0 Å². The second kappa shape index (κ2) is 6.92. The number of carbonyl (C=O) groups excluding carboxylic acids is 1. The Hall–Kier alpha value is -1.30. The molecule has 2 N–H and O–H groups in total. The number of methoxy groups -OCH3 is 1. The zero-order chi connectivity index (χ0) is 14.5. The van der Waals surface area contributed by atoms with Crippen molar-refractivity contribution in [1.82, 2.24) is 10.2 Å². The normalized spacial score (nSPS) is 17.6. The first-order valence-corrected chi connectivity index (χ1v) is 7.09. The minimum Gasteiger partial charge on any atom is -0.497 e. The third-order valence-corrected chi connectivity index (χ3v) is 3.84. The van der Waals surface area contributed by atoms with E-state index in [1.807, 2.05) is 6.92 Å². The van der Waals surface area contributed by atoms with Crippen molar-refractivity contribution in [2.45, 2.75) is 13.0 Å². The molecule has 110 valence electrons. The number of anilines is 1. The van der Waals surface area contributed by atoms with E-state index in [0.29, 0.717) is 16.5 Å². The summed E-state index contributed by atoms with van der Waals surface area (Å²) in [6, 6.07) is 5.02. The van der Waals surface area contributed by atoms with Gasteiger partial charge in [0.05, 0.1) is 23.9 Å². The lowest BCUT2D eigenvalue weighted by Crippen LogP contribution is -2.51. The van der Waals surface area contributed by atoms with Crippen molar-refractivity contribution in [3.05, 3.63) is 23.2 Å². The fourth-order valence-electron chi connectivity index (χ4n) is 2.20. The molecule has 0 spiro atoms. The van der Waals surface area contributed by atoms with E-state index in [9.17, 15) is 4.79 Å². The molecule has 5 nitrogen and oxygen atoms in total. The van der Waals surface area contributed by atoms with Crippen molar-refractivity contribution in [2.75, 3.05) is 38.6 Å². The van der Waals surface area contributed by atoms with Gasteiger partial charge in [-0.2, -0.15) is 0 Å². The summed E-state index contributed by atoms with van der Waals surface area (Å²) in [5.74, 6) is 0.613. The lowest BCUT2D eigenvalue weighted by Gasteiger charge is -2.31. The lowest BCUT2D eigenvalue weighted by molar-refractivity contribution is -0.120. The molecule has 0 bridgehead atoms. The van der Waals surface area contributed by atoms with E-state index in [-0.39, 0.29) is 11.9 Å². The zero-order valence-corrected chi connectivity index (χ0v) is 12.5. The average Bonchev–Trinajstić information content (AvgIpc) is 2.49. The van der Waals surface area contributed by atoms with Crippen LogP contribution in [0.3, 0.4) is 0 Å². The fourth-order valence-corrected chi connectivity index (χ4v) is 2.36. The predicted octanol–water partition coefficient (Wildman–Crippen LogP) is 1.58.